The maximum atomic E-state index is 12.9. The van der Waals surface area contributed by atoms with Crippen molar-refractivity contribution in [1.82, 2.24) is 14.5 Å². The first-order valence-electron chi connectivity index (χ1n) is 13.1. The van der Waals surface area contributed by atoms with Gasteiger partial charge in [-0.15, -0.1) is 0 Å². The van der Waals surface area contributed by atoms with Crippen molar-refractivity contribution in [3.05, 3.63) is 64.1 Å². The Morgan fingerprint density at radius 1 is 1.12 bits per heavy atom. The largest absolute Gasteiger partial charge is 0.494 e. The van der Waals surface area contributed by atoms with Gasteiger partial charge in [-0.2, -0.15) is 0 Å². The van der Waals surface area contributed by atoms with Crippen LogP contribution in [0.15, 0.2) is 36.7 Å². The van der Waals surface area contributed by atoms with Gasteiger partial charge in [0.1, 0.15) is 0 Å². The number of hydrogen-bond donors (Lipinski definition) is 2. The molecule has 0 bridgehead atoms. The van der Waals surface area contributed by atoms with E-state index < -0.39 is 17.7 Å². The molecule has 1 atom stereocenters. The van der Waals surface area contributed by atoms with Gasteiger partial charge < -0.3 is 29.2 Å². The maximum Gasteiger partial charge on any atom is 0.337 e. The fraction of sp³-hybridized carbons (Fsp3) is 0.367. The summed E-state index contributed by atoms with van der Waals surface area (Å²) in [5.41, 5.74) is 5.20. The first-order valence-corrected chi connectivity index (χ1v) is 13.4. The Morgan fingerprint density at radius 3 is 2.35 bits per heavy atom. The predicted octanol–water partition coefficient (Wildman–Crippen LogP) is 5.75. The Morgan fingerprint density at radius 2 is 1.77 bits per heavy atom. The Labute approximate surface area is 237 Å². The standard InChI is InChI=1S/C30H33ClN4O5/c1-16-7-9-19(10-8-16)22-21(27(28(37)38)40-30(4,5)15-36)17(2)25-26-23(22)24(31)18(3)34(26)11-12-35(25)29-32-13-20(39-6)14-33-29/h7-10,13-14,27,36H,11-12,15H2,1-6H3,(H,37,38)/t27-/m0/s1. The summed E-state index contributed by atoms with van der Waals surface area (Å²) in [4.78, 5) is 24.0. The van der Waals surface area contributed by atoms with Crippen LogP contribution in [0, 0.1) is 20.8 Å². The second-order valence-electron chi connectivity index (χ2n) is 10.7. The minimum Gasteiger partial charge on any atom is -0.494 e. The number of aliphatic hydroxyl groups is 1. The highest BCUT2D eigenvalue weighted by Crippen LogP contribution is 2.51. The number of aliphatic hydroxyl groups excluding tert-OH is 1. The fourth-order valence-corrected chi connectivity index (χ4v) is 5.71. The third-order valence-electron chi connectivity index (χ3n) is 7.50. The molecular formula is C30H33ClN4O5. The summed E-state index contributed by atoms with van der Waals surface area (Å²) in [6.45, 7) is 10.0. The molecule has 2 aromatic carbocycles. The van der Waals surface area contributed by atoms with Gasteiger partial charge in [0.15, 0.2) is 11.9 Å². The molecule has 2 N–H and O–H groups in total. The molecule has 9 nitrogen and oxygen atoms in total. The van der Waals surface area contributed by atoms with Gasteiger partial charge in [0.05, 0.1) is 47.9 Å². The molecule has 0 amide bonds. The third kappa shape index (κ3) is 4.58. The SMILES string of the molecule is COc1cnc(N2CCn3c(C)c(Cl)c4c(-c5ccc(C)cc5)c([C@H](OC(C)(C)CO)C(=O)O)c(C)c2c43)nc1. The molecule has 2 aromatic heterocycles. The number of halogens is 1. The summed E-state index contributed by atoms with van der Waals surface area (Å²) in [6.07, 6.45) is 1.82. The number of aryl methyl sites for hydroxylation is 1. The molecule has 1 aliphatic heterocycles. The lowest BCUT2D eigenvalue weighted by molar-refractivity contribution is -0.166. The molecule has 3 heterocycles. The van der Waals surface area contributed by atoms with Crippen molar-refractivity contribution in [1.29, 1.82) is 0 Å². The van der Waals surface area contributed by atoms with E-state index in [2.05, 4.69) is 14.5 Å². The molecule has 4 aromatic rings. The predicted molar refractivity (Wildman–Crippen MR) is 155 cm³/mol. The molecular weight excluding hydrogens is 532 g/mol. The van der Waals surface area contributed by atoms with Crippen LogP contribution in [0.4, 0.5) is 11.6 Å². The number of nitrogens with zero attached hydrogens (tertiary/aromatic N) is 4. The van der Waals surface area contributed by atoms with Crippen LogP contribution in [0.5, 0.6) is 5.75 Å². The number of benzene rings is 2. The first-order chi connectivity index (χ1) is 19.0. The van der Waals surface area contributed by atoms with Gasteiger partial charge in [0, 0.05) is 29.7 Å². The van der Waals surface area contributed by atoms with E-state index in [4.69, 9.17) is 21.1 Å². The van der Waals surface area contributed by atoms with Gasteiger partial charge in [-0.05, 0) is 51.3 Å². The van der Waals surface area contributed by atoms with Gasteiger partial charge in [-0.1, -0.05) is 41.4 Å². The van der Waals surface area contributed by atoms with Crippen LogP contribution < -0.4 is 9.64 Å². The number of methoxy groups -OCH3 is 1. The number of aliphatic carboxylic acids is 1. The van der Waals surface area contributed by atoms with Gasteiger partial charge in [0.25, 0.3) is 0 Å². The van der Waals surface area contributed by atoms with E-state index in [1.54, 1.807) is 33.4 Å². The topological polar surface area (TPSA) is 110 Å². The van der Waals surface area contributed by atoms with Crippen LogP contribution in [0.1, 0.15) is 42.3 Å². The Balaban J connectivity index is 1.91. The van der Waals surface area contributed by atoms with Gasteiger partial charge in [-0.25, -0.2) is 14.8 Å². The number of carboxylic acids is 1. The lowest BCUT2D eigenvalue weighted by Crippen LogP contribution is -2.35. The molecule has 5 rings (SSSR count). The maximum absolute atomic E-state index is 12.9. The van der Waals surface area contributed by atoms with Crippen LogP contribution in [-0.4, -0.2) is 56.6 Å². The van der Waals surface area contributed by atoms with E-state index in [1.165, 1.54) is 0 Å². The molecule has 0 unspecified atom stereocenters. The Hall–Kier alpha value is -3.66. The van der Waals surface area contributed by atoms with Crippen LogP contribution in [0.3, 0.4) is 0 Å². The zero-order chi connectivity index (χ0) is 28.9. The van der Waals surface area contributed by atoms with Crippen molar-refractivity contribution in [2.75, 3.05) is 25.2 Å². The molecule has 0 radical (unpaired) electrons. The minimum atomic E-state index is -1.39. The van der Waals surface area contributed by atoms with E-state index in [1.807, 2.05) is 49.9 Å². The molecule has 10 heteroatoms. The van der Waals surface area contributed by atoms with Crippen molar-refractivity contribution in [3.63, 3.8) is 0 Å². The average Bonchev–Trinajstić information content (AvgIpc) is 3.19. The van der Waals surface area contributed by atoms with Crippen molar-refractivity contribution in [2.45, 2.75) is 52.9 Å². The van der Waals surface area contributed by atoms with Crippen molar-refractivity contribution in [2.24, 2.45) is 0 Å². The van der Waals surface area contributed by atoms with E-state index in [9.17, 15) is 15.0 Å². The van der Waals surface area contributed by atoms with Gasteiger partial charge >= 0.3 is 5.97 Å². The lowest BCUT2D eigenvalue weighted by Gasteiger charge is -2.35. The molecule has 40 heavy (non-hydrogen) atoms. The van der Waals surface area contributed by atoms with Gasteiger partial charge in [0.2, 0.25) is 5.95 Å². The van der Waals surface area contributed by atoms with Crippen LogP contribution in [0.25, 0.3) is 22.0 Å². The molecule has 0 fully saturated rings. The second-order valence-corrected chi connectivity index (χ2v) is 11.1. The minimum absolute atomic E-state index is 0.354. The Bertz CT molecular complexity index is 1600. The fourth-order valence-electron chi connectivity index (χ4n) is 5.42. The van der Waals surface area contributed by atoms with Crippen LogP contribution in [-0.2, 0) is 16.1 Å². The average molecular weight is 565 g/mol. The van der Waals surface area contributed by atoms with E-state index in [-0.39, 0.29) is 6.61 Å². The number of hydrogen-bond acceptors (Lipinski definition) is 7. The number of carbonyl (C=O) groups is 1. The van der Waals surface area contributed by atoms with Crippen molar-refractivity contribution < 1.29 is 24.5 Å². The summed E-state index contributed by atoms with van der Waals surface area (Å²) < 4.78 is 13.6. The summed E-state index contributed by atoms with van der Waals surface area (Å²) in [7, 11) is 1.56. The highest BCUT2D eigenvalue weighted by Gasteiger charge is 2.38. The normalized spacial score (nSPS) is 14.1. The highest BCUT2D eigenvalue weighted by molar-refractivity contribution is 6.38. The smallest absolute Gasteiger partial charge is 0.337 e. The molecule has 0 saturated carbocycles. The van der Waals surface area contributed by atoms with Crippen molar-refractivity contribution >= 4 is 40.1 Å². The lowest BCUT2D eigenvalue weighted by atomic mass is 9.87. The van der Waals surface area contributed by atoms with E-state index in [0.717, 1.165) is 33.4 Å². The summed E-state index contributed by atoms with van der Waals surface area (Å²) in [5.74, 6) is -0.172. The first kappa shape index (κ1) is 27.9. The third-order valence-corrected chi connectivity index (χ3v) is 7.97. The van der Waals surface area contributed by atoms with Gasteiger partial charge in [-0.3, -0.25) is 0 Å². The van der Waals surface area contributed by atoms with Crippen LogP contribution in [0.2, 0.25) is 5.02 Å². The summed E-state index contributed by atoms with van der Waals surface area (Å²) >= 11 is 7.10. The molecule has 0 saturated heterocycles. The van der Waals surface area contributed by atoms with Crippen LogP contribution >= 0.6 is 11.6 Å². The van der Waals surface area contributed by atoms with E-state index >= 15 is 0 Å². The zero-order valence-electron chi connectivity index (χ0n) is 23.4. The second kappa shape index (κ2) is 10.4. The Kier molecular flexibility index (Phi) is 7.24. The number of aromatic nitrogens is 3. The quantitative estimate of drug-likeness (QED) is 0.278. The number of ether oxygens (including phenoxy) is 2. The number of anilines is 2. The number of rotatable bonds is 8. The monoisotopic (exact) mass is 564 g/mol. The number of carboxylic acid groups (broad SMARTS) is 1. The zero-order valence-corrected chi connectivity index (χ0v) is 24.2. The van der Waals surface area contributed by atoms with Crippen molar-refractivity contribution in [3.8, 4) is 16.9 Å². The summed E-state index contributed by atoms with van der Waals surface area (Å²) in [5, 5.41) is 21.8. The van der Waals surface area contributed by atoms with E-state index in [0.29, 0.717) is 46.5 Å². The molecule has 0 aliphatic carbocycles. The summed E-state index contributed by atoms with van der Waals surface area (Å²) in [6, 6.07) is 7.93. The highest BCUT2D eigenvalue weighted by atomic mass is 35.5. The molecule has 210 valence electrons. The molecule has 1 aliphatic rings. The molecule has 0 spiro atoms.